The van der Waals surface area contributed by atoms with Gasteiger partial charge in [-0.25, -0.2) is 0 Å². The van der Waals surface area contributed by atoms with Gasteiger partial charge in [0.2, 0.25) is 17.7 Å². The first-order valence-electron chi connectivity index (χ1n) is 15.2. The van der Waals surface area contributed by atoms with Crippen molar-refractivity contribution in [3.05, 3.63) is 55.6 Å². The fourth-order valence-electron chi connectivity index (χ4n) is 7.54. The SMILES string of the molecule is C=CCN(CCCCC)C(=O)C1N([C@@H](CC)CO)C(=O)[C@@H]2[C@H](C(=O)N(CC=C)c3ccccc3)[C@@]3(C)OC12CC3C. The number of likely N-dealkylation sites (tertiary alicyclic amines) is 1. The molecule has 8 nitrogen and oxygen atoms in total. The summed E-state index contributed by atoms with van der Waals surface area (Å²) in [5.41, 5.74) is -1.37. The Morgan fingerprint density at radius 2 is 1.83 bits per heavy atom. The van der Waals surface area contributed by atoms with Gasteiger partial charge in [-0.05, 0) is 44.2 Å². The number of unbranched alkanes of at least 4 members (excludes halogenated alkanes) is 2. The Bertz CT molecular complexity index is 1140. The molecule has 1 N–H and O–H groups in total. The van der Waals surface area contributed by atoms with Crippen LogP contribution in [0.5, 0.6) is 0 Å². The molecule has 41 heavy (non-hydrogen) atoms. The Balaban J connectivity index is 1.83. The van der Waals surface area contributed by atoms with Crippen LogP contribution in [-0.4, -0.2) is 82.2 Å². The van der Waals surface area contributed by atoms with E-state index in [9.17, 15) is 19.5 Å². The minimum Gasteiger partial charge on any atom is -0.394 e. The maximum atomic E-state index is 14.5. The zero-order valence-electron chi connectivity index (χ0n) is 25.1. The van der Waals surface area contributed by atoms with E-state index in [1.54, 1.807) is 26.9 Å². The smallest absolute Gasteiger partial charge is 0.248 e. The second-order valence-corrected chi connectivity index (χ2v) is 12.0. The van der Waals surface area contributed by atoms with Gasteiger partial charge in [-0.3, -0.25) is 14.4 Å². The van der Waals surface area contributed by atoms with Crippen LogP contribution in [0.1, 0.15) is 59.8 Å². The van der Waals surface area contributed by atoms with Gasteiger partial charge >= 0.3 is 0 Å². The minimum atomic E-state index is -1.16. The third-order valence-corrected chi connectivity index (χ3v) is 9.67. The highest BCUT2D eigenvalue weighted by Crippen LogP contribution is 2.66. The van der Waals surface area contributed by atoms with Crippen LogP contribution in [0.3, 0.4) is 0 Å². The van der Waals surface area contributed by atoms with Crippen molar-refractivity contribution < 1.29 is 24.2 Å². The molecule has 0 saturated carbocycles. The van der Waals surface area contributed by atoms with Gasteiger partial charge in [0.25, 0.3) is 0 Å². The number of hydrogen-bond acceptors (Lipinski definition) is 5. The summed E-state index contributed by atoms with van der Waals surface area (Å²) in [6.45, 7) is 16.6. The Kier molecular flexibility index (Phi) is 9.44. The number of aliphatic hydroxyl groups is 1. The number of rotatable bonds is 14. The number of nitrogens with zero attached hydrogens (tertiary/aromatic N) is 3. The van der Waals surface area contributed by atoms with Crippen molar-refractivity contribution in [1.29, 1.82) is 0 Å². The summed E-state index contributed by atoms with van der Waals surface area (Å²) in [5.74, 6) is -2.37. The van der Waals surface area contributed by atoms with Crippen LogP contribution in [0.4, 0.5) is 5.69 Å². The first-order chi connectivity index (χ1) is 19.7. The van der Waals surface area contributed by atoms with E-state index in [1.807, 2.05) is 51.1 Å². The predicted octanol–water partition coefficient (Wildman–Crippen LogP) is 4.19. The topological polar surface area (TPSA) is 90.4 Å². The van der Waals surface area contributed by atoms with Crippen molar-refractivity contribution >= 4 is 23.4 Å². The molecule has 224 valence electrons. The van der Waals surface area contributed by atoms with Gasteiger partial charge in [0, 0.05) is 25.3 Å². The van der Waals surface area contributed by atoms with Crippen LogP contribution in [-0.2, 0) is 19.1 Å². The summed E-state index contributed by atoms with van der Waals surface area (Å²) >= 11 is 0. The molecule has 3 saturated heterocycles. The van der Waals surface area contributed by atoms with Crippen molar-refractivity contribution in [2.45, 2.75) is 83.1 Å². The number of carbonyl (C=O) groups is 3. The average Bonchev–Trinajstić information content (AvgIpc) is 3.48. The highest BCUT2D eigenvalue weighted by Gasteiger charge is 2.80. The summed E-state index contributed by atoms with van der Waals surface area (Å²) < 4.78 is 6.92. The van der Waals surface area contributed by atoms with Crippen molar-refractivity contribution in [2.75, 3.05) is 31.1 Å². The first kappa shape index (κ1) is 31.0. The van der Waals surface area contributed by atoms with E-state index in [1.165, 1.54) is 0 Å². The molecule has 8 heteroatoms. The lowest BCUT2D eigenvalue weighted by Crippen LogP contribution is -2.59. The Morgan fingerprint density at radius 1 is 1.15 bits per heavy atom. The lowest BCUT2D eigenvalue weighted by Gasteiger charge is -2.39. The number of para-hydroxylation sites is 1. The third-order valence-electron chi connectivity index (χ3n) is 9.67. The third kappa shape index (κ3) is 5.03. The molecule has 3 aliphatic rings. The Hall–Kier alpha value is -2.97. The molecule has 4 rings (SSSR count). The molecular weight excluding hydrogens is 518 g/mol. The van der Waals surface area contributed by atoms with E-state index < -0.39 is 35.1 Å². The van der Waals surface area contributed by atoms with Crippen LogP contribution in [0, 0.1) is 17.8 Å². The molecule has 1 aromatic carbocycles. The molecule has 2 bridgehead atoms. The van der Waals surface area contributed by atoms with Crippen molar-refractivity contribution in [3.63, 3.8) is 0 Å². The quantitative estimate of drug-likeness (QED) is 0.270. The van der Waals surface area contributed by atoms with E-state index in [0.29, 0.717) is 25.9 Å². The average molecular weight is 566 g/mol. The lowest BCUT2D eigenvalue weighted by atomic mass is 9.62. The lowest BCUT2D eigenvalue weighted by molar-refractivity contribution is -0.155. The number of benzene rings is 1. The van der Waals surface area contributed by atoms with Crippen molar-refractivity contribution in [3.8, 4) is 0 Å². The summed E-state index contributed by atoms with van der Waals surface area (Å²) in [6.07, 6.45) is 7.19. The molecule has 3 aliphatic heterocycles. The van der Waals surface area contributed by atoms with Gasteiger partial charge in [-0.1, -0.05) is 64.0 Å². The number of hydrogen-bond donors (Lipinski definition) is 1. The predicted molar refractivity (Wildman–Crippen MR) is 160 cm³/mol. The molecule has 0 radical (unpaired) electrons. The van der Waals surface area contributed by atoms with Gasteiger partial charge in [-0.2, -0.15) is 0 Å². The largest absolute Gasteiger partial charge is 0.394 e. The van der Waals surface area contributed by atoms with E-state index in [-0.39, 0.29) is 36.8 Å². The molecule has 0 aromatic heterocycles. The summed E-state index contributed by atoms with van der Waals surface area (Å²) in [7, 11) is 0. The van der Waals surface area contributed by atoms with Crippen LogP contribution in [0.25, 0.3) is 0 Å². The van der Waals surface area contributed by atoms with Crippen LogP contribution in [0.15, 0.2) is 55.6 Å². The highest BCUT2D eigenvalue weighted by molar-refractivity contribution is 6.03. The van der Waals surface area contributed by atoms with Gasteiger partial charge in [0.1, 0.15) is 11.6 Å². The minimum absolute atomic E-state index is 0.0701. The van der Waals surface area contributed by atoms with E-state index in [0.717, 1.165) is 24.9 Å². The zero-order chi connectivity index (χ0) is 29.9. The first-order valence-corrected chi connectivity index (χ1v) is 15.2. The van der Waals surface area contributed by atoms with Crippen molar-refractivity contribution in [1.82, 2.24) is 9.80 Å². The van der Waals surface area contributed by atoms with Gasteiger partial charge in [0.15, 0.2) is 0 Å². The molecule has 3 heterocycles. The number of amides is 3. The molecule has 0 aliphatic carbocycles. The number of anilines is 1. The fraction of sp³-hybridized carbons (Fsp3) is 0.606. The van der Waals surface area contributed by atoms with Gasteiger partial charge in [-0.15, -0.1) is 13.2 Å². The maximum Gasteiger partial charge on any atom is 0.248 e. The van der Waals surface area contributed by atoms with Gasteiger partial charge in [0.05, 0.1) is 30.1 Å². The highest BCUT2D eigenvalue weighted by atomic mass is 16.5. The van der Waals surface area contributed by atoms with Crippen LogP contribution >= 0.6 is 0 Å². The molecule has 3 fully saturated rings. The number of carbonyl (C=O) groups excluding carboxylic acids is 3. The Labute approximate surface area is 245 Å². The summed E-state index contributed by atoms with van der Waals surface area (Å²) in [6, 6.07) is 7.90. The monoisotopic (exact) mass is 565 g/mol. The van der Waals surface area contributed by atoms with Crippen molar-refractivity contribution in [2.24, 2.45) is 17.8 Å². The van der Waals surface area contributed by atoms with Crippen LogP contribution in [0.2, 0.25) is 0 Å². The second kappa shape index (κ2) is 12.5. The molecule has 1 aromatic rings. The zero-order valence-corrected chi connectivity index (χ0v) is 25.1. The summed E-state index contributed by atoms with van der Waals surface area (Å²) in [5, 5.41) is 10.4. The molecule has 1 spiro atoms. The number of aliphatic hydroxyl groups excluding tert-OH is 1. The molecule has 7 atom stereocenters. The molecular formula is C33H47N3O5. The number of fused-ring (bicyclic) bond motifs is 1. The summed E-state index contributed by atoms with van der Waals surface area (Å²) in [4.78, 5) is 48.6. The maximum absolute atomic E-state index is 14.5. The molecule has 3 unspecified atom stereocenters. The van der Waals surface area contributed by atoms with Gasteiger partial charge < -0.3 is 24.5 Å². The van der Waals surface area contributed by atoms with Crippen LogP contribution < -0.4 is 4.90 Å². The van der Waals surface area contributed by atoms with E-state index in [4.69, 9.17) is 4.74 Å². The normalized spacial score (nSPS) is 30.7. The second-order valence-electron chi connectivity index (χ2n) is 12.0. The number of ether oxygens (including phenoxy) is 1. The Morgan fingerprint density at radius 3 is 2.41 bits per heavy atom. The van der Waals surface area contributed by atoms with E-state index in [2.05, 4.69) is 20.1 Å². The van der Waals surface area contributed by atoms with E-state index >= 15 is 0 Å². The fourth-order valence-corrected chi connectivity index (χ4v) is 7.54. The standard InChI is InChI=1S/C33H47N3O5/c1-7-11-15-20-34(18-8-2)31(40)28-33-21-23(5)32(6,41-33)26(27(33)30(39)36(28)24(10-4)22-37)29(38)35(19-9-3)25-16-13-12-14-17-25/h8-9,12-14,16-17,23-24,26-28,37H,2-3,7,10-11,15,18-22H2,1,4-6H3/t23?,24-,26+,27-,28?,32-,33?/m0/s1. The molecule has 3 amide bonds.